The highest BCUT2D eigenvalue weighted by atomic mass is 16.4. The normalized spacial score (nSPS) is 18.9. The summed E-state index contributed by atoms with van der Waals surface area (Å²) in [5, 5.41) is 9.42. The van der Waals surface area contributed by atoms with Gasteiger partial charge in [-0.05, 0) is 57.3 Å². The van der Waals surface area contributed by atoms with Crippen molar-refractivity contribution >= 4 is 5.97 Å². The van der Waals surface area contributed by atoms with Crippen LogP contribution in [0.3, 0.4) is 0 Å². The Labute approximate surface area is 121 Å². The highest BCUT2D eigenvalue weighted by Crippen LogP contribution is 2.35. The second-order valence-electron chi connectivity index (χ2n) is 6.15. The van der Waals surface area contributed by atoms with Crippen LogP contribution in [0.4, 0.5) is 0 Å². The van der Waals surface area contributed by atoms with Crippen LogP contribution in [0.5, 0.6) is 0 Å². The molecule has 1 aliphatic rings. The fourth-order valence-corrected chi connectivity index (χ4v) is 3.12. The molecule has 0 amide bonds. The molecule has 0 saturated carbocycles. The molecule has 1 aromatic carbocycles. The first-order chi connectivity index (χ1) is 9.47. The van der Waals surface area contributed by atoms with Crippen LogP contribution in [0.15, 0.2) is 18.2 Å². The molecule has 0 unspecified atom stereocenters. The standard InChI is InChI=1S/C17H25NO2/c1-4-17(16(19)20)7-9-18(10-8-17)12-15-6-5-13(2)11-14(15)3/h5-6,11H,4,7-10,12H2,1-3H3,(H,19,20). The van der Waals surface area contributed by atoms with E-state index in [-0.39, 0.29) is 0 Å². The van der Waals surface area contributed by atoms with Gasteiger partial charge in [0.2, 0.25) is 0 Å². The molecule has 1 fully saturated rings. The van der Waals surface area contributed by atoms with E-state index in [1.807, 2.05) is 6.92 Å². The summed E-state index contributed by atoms with van der Waals surface area (Å²) in [7, 11) is 0. The molecule has 0 atom stereocenters. The SMILES string of the molecule is CCC1(C(=O)O)CCN(Cc2ccc(C)cc2C)CC1. The molecule has 0 aliphatic carbocycles. The number of rotatable bonds is 4. The molecule has 1 saturated heterocycles. The number of aliphatic carboxylic acids is 1. The molecule has 1 heterocycles. The Balaban J connectivity index is 1.99. The van der Waals surface area contributed by atoms with E-state index in [4.69, 9.17) is 0 Å². The van der Waals surface area contributed by atoms with Crippen molar-refractivity contribution in [3.63, 3.8) is 0 Å². The van der Waals surface area contributed by atoms with E-state index in [2.05, 4.69) is 36.9 Å². The molecule has 110 valence electrons. The fraction of sp³-hybridized carbons (Fsp3) is 0.588. The van der Waals surface area contributed by atoms with Gasteiger partial charge in [0, 0.05) is 6.54 Å². The number of likely N-dealkylation sites (tertiary alicyclic amines) is 1. The van der Waals surface area contributed by atoms with Crippen molar-refractivity contribution in [2.24, 2.45) is 5.41 Å². The first-order valence-corrected chi connectivity index (χ1v) is 7.49. The molecule has 1 aromatic rings. The average Bonchev–Trinajstić information content (AvgIpc) is 2.42. The number of carboxylic acids is 1. The van der Waals surface area contributed by atoms with E-state index in [9.17, 15) is 9.90 Å². The molecule has 0 bridgehead atoms. The van der Waals surface area contributed by atoms with E-state index in [1.54, 1.807) is 0 Å². The number of aryl methyl sites for hydroxylation is 2. The third kappa shape index (κ3) is 3.04. The zero-order valence-corrected chi connectivity index (χ0v) is 12.8. The zero-order valence-electron chi connectivity index (χ0n) is 12.8. The second-order valence-corrected chi connectivity index (χ2v) is 6.15. The third-order valence-electron chi connectivity index (χ3n) is 4.84. The van der Waals surface area contributed by atoms with Gasteiger partial charge in [0.05, 0.1) is 5.41 Å². The smallest absolute Gasteiger partial charge is 0.309 e. The van der Waals surface area contributed by atoms with Gasteiger partial charge in [-0.3, -0.25) is 9.69 Å². The summed E-state index contributed by atoms with van der Waals surface area (Å²) in [4.78, 5) is 13.8. The topological polar surface area (TPSA) is 40.5 Å². The van der Waals surface area contributed by atoms with Gasteiger partial charge in [-0.1, -0.05) is 30.7 Å². The maximum Gasteiger partial charge on any atom is 0.309 e. The fourth-order valence-electron chi connectivity index (χ4n) is 3.12. The van der Waals surface area contributed by atoms with Crippen molar-refractivity contribution in [3.8, 4) is 0 Å². The number of nitrogens with zero attached hydrogens (tertiary/aromatic N) is 1. The van der Waals surface area contributed by atoms with Crippen molar-refractivity contribution in [1.82, 2.24) is 4.90 Å². The Hall–Kier alpha value is -1.35. The van der Waals surface area contributed by atoms with Crippen LogP contribution in [0.2, 0.25) is 0 Å². The van der Waals surface area contributed by atoms with Crippen LogP contribution in [-0.4, -0.2) is 29.1 Å². The number of carboxylic acid groups (broad SMARTS) is 1. The maximum absolute atomic E-state index is 11.4. The largest absolute Gasteiger partial charge is 0.481 e. The molecule has 20 heavy (non-hydrogen) atoms. The minimum atomic E-state index is -0.619. The molecule has 1 aliphatic heterocycles. The van der Waals surface area contributed by atoms with E-state index in [0.29, 0.717) is 0 Å². The summed E-state index contributed by atoms with van der Waals surface area (Å²) in [6, 6.07) is 6.57. The van der Waals surface area contributed by atoms with Crippen LogP contribution in [0, 0.1) is 19.3 Å². The Kier molecular flexibility index (Phi) is 4.48. The summed E-state index contributed by atoms with van der Waals surface area (Å²) in [5.74, 6) is -0.619. The first kappa shape index (κ1) is 15.0. The van der Waals surface area contributed by atoms with E-state index >= 15 is 0 Å². The molecule has 2 rings (SSSR count). The highest BCUT2D eigenvalue weighted by Gasteiger charge is 2.39. The molecular weight excluding hydrogens is 250 g/mol. The molecule has 3 heteroatoms. The number of benzene rings is 1. The minimum Gasteiger partial charge on any atom is -0.481 e. The van der Waals surface area contributed by atoms with Crippen LogP contribution in [-0.2, 0) is 11.3 Å². The van der Waals surface area contributed by atoms with Crippen molar-refractivity contribution in [2.75, 3.05) is 13.1 Å². The van der Waals surface area contributed by atoms with Crippen LogP contribution < -0.4 is 0 Å². The number of hydrogen-bond acceptors (Lipinski definition) is 2. The Morgan fingerprint density at radius 1 is 1.30 bits per heavy atom. The van der Waals surface area contributed by atoms with Gasteiger partial charge in [-0.2, -0.15) is 0 Å². The minimum absolute atomic E-state index is 0.487. The summed E-state index contributed by atoms with van der Waals surface area (Å²) in [5.41, 5.74) is 3.49. The van der Waals surface area contributed by atoms with Crippen molar-refractivity contribution in [2.45, 2.75) is 46.6 Å². The molecule has 0 radical (unpaired) electrons. The average molecular weight is 275 g/mol. The van der Waals surface area contributed by atoms with Gasteiger partial charge in [0.25, 0.3) is 0 Å². The predicted octanol–water partition coefficient (Wildman–Crippen LogP) is 3.38. The zero-order chi connectivity index (χ0) is 14.8. The van der Waals surface area contributed by atoms with Crippen molar-refractivity contribution in [1.29, 1.82) is 0 Å². The number of carbonyl (C=O) groups is 1. The van der Waals surface area contributed by atoms with Crippen molar-refractivity contribution < 1.29 is 9.90 Å². The molecule has 0 spiro atoms. The lowest BCUT2D eigenvalue weighted by Gasteiger charge is -2.38. The number of piperidine rings is 1. The van der Waals surface area contributed by atoms with Gasteiger partial charge >= 0.3 is 5.97 Å². The van der Waals surface area contributed by atoms with Gasteiger partial charge in [0.1, 0.15) is 0 Å². The van der Waals surface area contributed by atoms with Gasteiger partial charge in [-0.15, -0.1) is 0 Å². The molecule has 1 N–H and O–H groups in total. The lowest BCUT2D eigenvalue weighted by molar-refractivity contribution is -0.152. The molecule has 3 nitrogen and oxygen atoms in total. The monoisotopic (exact) mass is 275 g/mol. The van der Waals surface area contributed by atoms with Gasteiger partial charge in [-0.25, -0.2) is 0 Å². The Morgan fingerprint density at radius 3 is 2.45 bits per heavy atom. The predicted molar refractivity (Wildman–Crippen MR) is 80.8 cm³/mol. The Morgan fingerprint density at radius 2 is 1.95 bits per heavy atom. The first-order valence-electron chi connectivity index (χ1n) is 7.49. The van der Waals surface area contributed by atoms with Gasteiger partial charge < -0.3 is 5.11 Å². The van der Waals surface area contributed by atoms with E-state index < -0.39 is 11.4 Å². The molecular formula is C17H25NO2. The van der Waals surface area contributed by atoms with E-state index in [1.165, 1.54) is 16.7 Å². The summed E-state index contributed by atoms with van der Waals surface area (Å²) in [6.45, 7) is 8.96. The summed E-state index contributed by atoms with van der Waals surface area (Å²) < 4.78 is 0. The lowest BCUT2D eigenvalue weighted by atomic mass is 9.76. The lowest BCUT2D eigenvalue weighted by Crippen LogP contribution is -2.43. The van der Waals surface area contributed by atoms with Crippen LogP contribution in [0.25, 0.3) is 0 Å². The second kappa shape index (κ2) is 5.96. The summed E-state index contributed by atoms with van der Waals surface area (Å²) >= 11 is 0. The molecule has 0 aromatic heterocycles. The van der Waals surface area contributed by atoms with E-state index in [0.717, 1.165) is 38.9 Å². The van der Waals surface area contributed by atoms with Gasteiger partial charge in [0.15, 0.2) is 0 Å². The van der Waals surface area contributed by atoms with Crippen LogP contribution >= 0.6 is 0 Å². The summed E-state index contributed by atoms with van der Waals surface area (Å²) in [6.07, 6.45) is 2.27. The maximum atomic E-state index is 11.4. The van der Waals surface area contributed by atoms with Crippen molar-refractivity contribution in [3.05, 3.63) is 34.9 Å². The number of hydrogen-bond donors (Lipinski definition) is 1. The Bertz CT molecular complexity index is 488. The quantitative estimate of drug-likeness (QED) is 0.915. The third-order valence-corrected chi connectivity index (χ3v) is 4.84. The van der Waals surface area contributed by atoms with Crippen LogP contribution in [0.1, 0.15) is 42.9 Å². The highest BCUT2D eigenvalue weighted by molar-refractivity contribution is 5.74.